The fraction of sp³-hybridized carbons (Fsp3) is 0.400. The van der Waals surface area contributed by atoms with E-state index in [-0.39, 0.29) is 0 Å². The molecule has 1 atom stereocenters. The molecule has 0 radical (unpaired) electrons. The van der Waals surface area contributed by atoms with Crippen molar-refractivity contribution >= 4 is 0 Å². The predicted octanol–water partition coefficient (Wildman–Crippen LogP) is 6.98. The van der Waals surface area contributed by atoms with E-state index in [9.17, 15) is 0 Å². The second-order valence-electron chi connectivity index (χ2n) is 9.09. The van der Waals surface area contributed by atoms with Gasteiger partial charge in [-0.25, -0.2) is 0 Å². The van der Waals surface area contributed by atoms with Gasteiger partial charge in [-0.1, -0.05) is 86.6 Å². The number of fused-ring (bicyclic) bond motifs is 1. The Labute approximate surface area is 189 Å². The van der Waals surface area contributed by atoms with Crippen LogP contribution in [0.3, 0.4) is 0 Å². The third kappa shape index (κ3) is 5.86. The molecule has 1 heteroatoms. The third-order valence-corrected chi connectivity index (χ3v) is 7.11. The zero-order valence-corrected chi connectivity index (χ0v) is 19.3. The molecule has 31 heavy (non-hydrogen) atoms. The van der Waals surface area contributed by atoms with Gasteiger partial charge in [0.1, 0.15) is 0 Å². The Bertz CT molecular complexity index is 938. The first-order valence-electron chi connectivity index (χ1n) is 12.2. The summed E-state index contributed by atoms with van der Waals surface area (Å²) in [5, 5.41) is 0. The molecule has 0 spiro atoms. The Morgan fingerprint density at radius 1 is 0.742 bits per heavy atom. The highest BCUT2D eigenvalue weighted by Gasteiger charge is 2.19. The first kappa shape index (κ1) is 21.8. The Hall–Kier alpha value is -2.38. The lowest BCUT2D eigenvalue weighted by atomic mass is 9.81. The molecule has 4 rings (SSSR count). The topological polar surface area (TPSA) is 3.24 Å². The minimum atomic E-state index is 0.863. The average Bonchev–Trinajstić information content (AvgIpc) is 2.84. The molecule has 3 aromatic rings. The van der Waals surface area contributed by atoms with Crippen LogP contribution in [-0.4, -0.2) is 24.5 Å². The van der Waals surface area contributed by atoms with Crippen LogP contribution < -0.4 is 0 Å². The number of nitrogens with zero attached hydrogens (tertiary/aromatic N) is 1. The van der Waals surface area contributed by atoms with E-state index in [4.69, 9.17) is 0 Å². The summed E-state index contributed by atoms with van der Waals surface area (Å²) >= 11 is 0. The first-order valence-corrected chi connectivity index (χ1v) is 12.2. The van der Waals surface area contributed by atoms with Gasteiger partial charge in [-0.05, 0) is 97.5 Å². The van der Waals surface area contributed by atoms with E-state index in [2.05, 4.69) is 91.5 Å². The molecule has 0 aromatic heterocycles. The zero-order chi connectivity index (χ0) is 21.5. The third-order valence-electron chi connectivity index (χ3n) is 7.11. The van der Waals surface area contributed by atoms with Gasteiger partial charge in [0.15, 0.2) is 0 Å². The van der Waals surface area contributed by atoms with E-state index in [1.54, 1.807) is 11.1 Å². The summed E-state index contributed by atoms with van der Waals surface area (Å²) in [4.78, 5) is 2.56. The van der Waals surface area contributed by atoms with Crippen LogP contribution in [0.15, 0.2) is 72.8 Å². The minimum Gasteiger partial charge on any atom is -0.304 e. The van der Waals surface area contributed by atoms with Crippen molar-refractivity contribution in [3.8, 4) is 11.1 Å². The van der Waals surface area contributed by atoms with Gasteiger partial charge in [-0.2, -0.15) is 0 Å². The SMILES string of the molecule is CCN(CC)CCC1CCc2cc(CCc3ccc(-c4ccccc4)cc3)ccc2C1. The van der Waals surface area contributed by atoms with Gasteiger partial charge >= 0.3 is 0 Å². The molecule has 1 nitrogen and oxygen atoms in total. The highest BCUT2D eigenvalue weighted by atomic mass is 15.1. The van der Waals surface area contributed by atoms with Crippen molar-refractivity contribution < 1.29 is 0 Å². The van der Waals surface area contributed by atoms with Crippen molar-refractivity contribution in [3.05, 3.63) is 95.1 Å². The normalized spacial score (nSPS) is 15.8. The Morgan fingerprint density at radius 2 is 1.42 bits per heavy atom. The van der Waals surface area contributed by atoms with Gasteiger partial charge in [0.2, 0.25) is 0 Å². The molecule has 0 saturated heterocycles. The zero-order valence-electron chi connectivity index (χ0n) is 19.3. The van der Waals surface area contributed by atoms with Gasteiger partial charge in [0, 0.05) is 0 Å². The smallest absolute Gasteiger partial charge is 0.00162 e. The molecule has 0 heterocycles. The molecule has 0 aliphatic heterocycles. The fourth-order valence-corrected chi connectivity index (χ4v) is 4.97. The quantitative estimate of drug-likeness (QED) is 0.367. The summed E-state index contributed by atoms with van der Waals surface area (Å²) in [6.45, 7) is 8.17. The van der Waals surface area contributed by atoms with Crippen LogP contribution in [0.4, 0.5) is 0 Å². The highest BCUT2D eigenvalue weighted by molar-refractivity contribution is 5.63. The first-order chi connectivity index (χ1) is 15.2. The van der Waals surface area contributed by atoms with E-state index in [0.29, 0.717) is 0 Å². The summed E-state index contributed by atoms with van der Waals surface area (Å²) in [5.74, 6) is 0.863. The van der Waals surface area contributed by atoms with Gasteiger partial charge in [-0.15, -0.1) is 0 Å². The lowest BCUT2D eigenvalue weighted by Crippen LogP contribution is -2.27. The molecule has 1 aliphatic rings. The second-order valence-corrected chi connectivity index (χ2v) is 9.09. The summed E-state index contributed by atoms with van der Waals surface area (Å²) < 4.78 is 0. The molecule has 1 unspecified atom stereocenters. The van der Waals surface area contributed by atoms with E-state index in [1.165, 1.54) is 67.6 Å². The second kappa shape index (κ2) is 10.8. The van der Waals surface area contributed by atoms with Crippen LogP contribution >= 0.6 is 0 Å². The van der Waals surface area contributed by atoms with E-state index < -0.39 is 0 Å². The molecule has 1 aliphatic carbocycles. The molecule has 0 saturated carbocycles. The average molecular weight is 412 g/mol. The molecule has 162 valence electrons. The number of rotatable bonds is 9. The maximum Gasteiger partial charge on any atom is -0.00162 e. The highest BCUT2D eigenvalue weighted by Crippen LogP contribution is 2.29. The molecule has 0 amide bonds. The van der Waals surface area contributed by atoms with Crippen molar-refractivity contribution in [1.82, 2.24) is 4.90 Å². The van der Waals surface area contributed by atoms with Crippen molar-refractivity contribution in [3.63, 3.8) is 0 Å². The van der Waals surface area contributed by atoms with Crippen molar-refractivity contribution in [1.29, 1.82) is 0 Å². The maximum absolute atomic E-state index is 2.56. The predicted molar refractivity (Wildman–Crippen MR) is 134 cm³/mol. The molecule has 0 N–H and O–H groups in total. The summed E-state index contributed by atoms with van der Waals surface area (Å²) in [5.41, 5.74) is 8.72. The number of benzene rings is 3. The molecule has 0 fully saturated rings. The van der Waals surface area contributed by atoms with Crippen molar-refractivity contribution in [2.75, 3.05) is 19.6 Å². The molecule has 0 bridgehead atoms. The van der Waals surface area contributed by atoms with Crippen LogP contribution in [0, 0.1) is 5.92 Å². The van der Waals surface area contributed by atoms with Crippen molar-refractivity contribution in [2.24, 2.45) is 5.92 Å². The standard InChI is InChI=1S/C30H37N/c1-3-31(4-2)21-20-26-15-19-29-22-25(14-18-30(29)23-26)11-10-24-12-16-28(17-13-24)27-8-6-5-7-9-27/h5-9,12-14,16-18,22,26H,3-4,10-11,15,19-21,23H2,1-2H3. The van der Waals surface area contributed by atoms with Crippen LogP contribution in [0.5, 0.6) is 0 Å². The summed E-state index contributed by atoms with van der Waals surface area (Å²) in [7, 11) is 0. The summed E-state index contributed by atoms with van der Waals surface area (Å²) in [6, 6.07) is 27.0. The van der Waals surface area contributed by atoms with E-state index >= 15 is 0 Å². The lowest BCUT2D eigenvalue weighted by molar-refractivity contribution is 0.266. The molecule has 3 aromatic carbocycles. The minimum absolute atomic E-state index is 0.863. The fourth-order valence-electron chi connectivity index (χ4n) is 4.97. The maximum atomic E-state index is 2.56. The number of hydrogen-bond donors (Lipinski definition) is 0. The van der Waals surface area contributed by atoms with E-state index in [1.807, 2.05) is 0 Å². The van der Waals surface area contributed by atoms with Crippen LogP contribution in [0.2, 0.25) is 0 Å². The van der Waals surface area contributed by atoms with Crippen LogP contribution in [0.25, 0.3) is 11.1 Å². The van der Waals surface area contributed by atoms with Crippen LogP contribution in [0.1, 0.15) is 48.9 Å². The van der Waals surface area contributed by atoms with Crippen LogP contribution in [-0.2, 0) is 25.7 Å². The largest absolute Gasteiger partial charge is 0.304 e. The van der Waals surface area contributed by atoms with Gasteiger partial charge in [0.25, 0.3) is 0 Å². The number of hydrogen-bond acceptors (Lipinski definition) is 1. The number of aryl methyl sites for hydroxylation is 3. The lowest BCUT2D eigenvalue weighted by Gasteiger charge is -2.27. The van der Waals surface area contributed by atoms with Gasteiger partial charge in [0.05, 0.1) is 0 Å². The summed E-state index contributed by atoms with van der Waals surface area (Å²) in [6.07, 6.45) is 7.49. The van der Waals surface area contributed by atoms with Gasteiger partial charge in [-0.3, -0.25) is 0 Å². The Kier molecular flexibility index (Phi) is 7.59. The van der Waals surface area contributed by atoms with E-state index in [0.717, 1.165) is 18.8 Å². The monoisotopic (exact) mass is 411 g/mol. The Morgan fingerprint density at radius 3 is 2.16 bits per heavy atom. The Balaban J connectivity index is 1.31. The molecular formula is C30H37N. The van der Waals surface area contributed by atoms with Gasteiger partial charge < -0.3 is 4.90 Å². The molecular weight excluding hydrogens is 374 g/mol. The van der Waals surface area contributed by atoms with Crippen molar-refractivity contribution in [2.45, 2.75) is 52.4 Å².